The van der Waals surface area contributed by atoms with Crippen LogP contribution in [0, 0.1) is 29.1 Å². The highest BCUT2D eigenvalue weighted by molar-refractivity contribution is 5.23. The van der Waals surface area contributed by atoms with Crippen LogP contribution in [0.1, 0.15) is 66.2 Å². The van der Waals surface area contributed by atoms with E-state index in [1.807, 2.05) is 0 Å². The molecule has 0 aliphatic heterocycles. The first-order chi connectivity index (χ1) is 9.93. The summed E-state index contributed by atoms with van der Waals surface area (Å²) >= 11 is 0. The van der Waals surface area contributed by atoms with E-state index in [2.05, 4.69) is 39.8 Å². The number of hydrogen-bond acceptors (Lipinski definition) is 1. The van der Waals surface area contributed by atoms with Gasteiger partial charge in [-0.3, -0.25) is 0 Å². The molecule has 0 aromatic rings. The normalized spacial score (nSPS) is 49.9. The molecule has 2 bridgehead atoms. The fourth-order valence-electron chi connectivity index (χ4n) is 5.58. The lowest BCUT2D eigenvalue weighted by Crippen LogP contribution is -2.44. The lowest BCUT2D eigenvalue weighted by Gasteiger charge is -2.46. The highest BCUT2D eigenvalue weighted by atomic mass is 16.3. The Kier molecular flexibility index (Phi) is 4.07. The van der Waals surface area contributed by atoms with Gasteiger partial charge in [0, 0.05) is 5.41 Å². The van der Waals surface area contributed by atoms with Crippen LogP contribution >= 0.6 is 0 Å². The molecule has 0 aromatic heterocycles. The van der Waals surface area contributed by atoms with Gasteiger partial charge in [-0.15, -0.1) is 0 Å². The van der Waals surface area contributed by atoms with Crippen molar-refractivity contribution in [3.63, 3.8) is 0 Å². The topological polar surface area (TPSA) is 20.2 Å². The lowest BCUT2D eigenvalue weighted by atomic mass is 9.59. The van der Waals surface area contributed by atoms with E-state index in [1.165, 1.54) is 43.3 Å². The van der Waals surface area contributed by atoms with Crippen LogP contribution < -0.4 is 0 Å². The summed E-state index contributed by atoms with van der Waals surface area (Å²) in [4.78, 5) is 0. The monoisotopic (exact) mass is 288 g/mol. The maximum atomic E-state index is 10.8. The third kappa shape index (κ3) is 2.52. The SMILES string of the molecule is C/C1=C\CC[C@@H](C)[C@@H]2CC[C@@]3(C)[C@@H]2[C@@H](C)C(=C[C@@H]3O)CC1. The Balaban J connectivity index is 1.99. The number of hydrogen-bond donors (Lipinski definition) is 1. The first-order valence-electron chi connectivity index (χ1n) is 8.98. The summed E-state index contributed by atoms with van der Waals surface area (Å²) in [6.07, 6.45) is 11.8. The molecule has 1 fully saturated rings. The highest BCUT2D eigenvalue weighted by Gasteiger charge is 2.54. The predicted octanol–water partition coefficient (Wildman–Crippen LogP) is 5.11. The van der Waals surface area contributed by atoms with Gasteiger partial charge >= 0.3 is 0 Å². The van der Waals surface area contributed by atoms with Crippen LogP contribution in [0.25, 0.3) is 0 Å². The quantitative estimate of drug-likeness (QED) is 0.614. The Morgan fingerprint density at radius 1 is 1.19 bits per heavy atom. The van der Waals surface area contributed by atoms with Crippen molar-refractivity contribution in [2.75, 3.05) is 0 Å². The largest absolute Gasteiger partial charge is 0.388 e. The second-order valence-electron chi connectivity index (χ2n) is 8.31. The average molecular weight is 288 g/mol. The van der Waals surface area contributed by atoms with Crippen molar-refractivity contribution in [3.05, 3.63) is 23.3 Å². The van der Waals surface area contributed by atoms with Crippen LogP contribution in [0.15, 0.2) is 23.3 Å². The van der Waals surface area contributed by atoms with Crippen molar-refractivity contribution in [2.24, 2.45) is 29.1 Å². The first-order valence-corrected chi connectivity index (χ1v) is 8.98. The van der Waals surface area contributed by atoms with Crippen molar-refractivity contribution in [2.45, 2.75) is 72.3 Å². The Hall–Kier alpha value is -0.560. The molecular weight excluding hydrogens is 256 g/mol. The van der Waals surface area contributed by atoms with E-state index in [4.69, 9.17) is 0 Å². The number of fused-ring (bicyclic) bond motifs is 1. The minimum atomic E-state index is -0.226. The van der Waals surface area contributed by atoms with Gasteiger partial charge < -0.3 is 5.11 Å². The summed E-state index contributed by atoms with van der Waals surface area (Å²) in [7, 11) is 0. The number of aliphatic hydroxyl groups excluding tert-OH is 1. The van der Waals surface area contributed by atoms with Crippen molar-refractivity contribution < 1.29 is 5.11 Å². The maximum Gasteiger partial charge on any atom is 0.0780 e. The van der Waals surface area contributed by atoms with Crippen LogP contribution in [-0.2, 0) is 0 Å². The van der Waals surface area contributed by atoms with Crippen molar-refractivity contribution in [1.29, 1.82) is 0 Å². The summed E-state index contributed by atoms with van der Waals surface area (Å²) in [6.45, 7) is 9.51. The standard InChI is InChI=1S/C20H32O/c1-13-6-5-7-14(2)17-10-11-20(4)18(21)12-16(9-8-13)15(3)19(17)20/h6,12,14-15,17-19,21H,5,7-11H2,1-4H3/b13-6+/t14-,15+,17+,18+,19-,20-/m1/s1. The average Bonchev–Trinajstić information content (AvgIpc) is 2.80. The fraction of sp³-hybridized carbons (Fsp3) is 0.800. The molecule has 0 aromatic carbocycles. The molecular formula is C20H32O. The minimum absolute atomic E-state index is 0.123. The van der Waals surface area contributed by atoms with E-state index in [0.29, 0.717) is 11.8 Å². The van der Waals surface area contributed by atoms with Gasteiger partial charge in [-0.1, -0.05) is 44.1 Å². The highest BCUT2D eigenvalue weighted by Crippen LogP contribution is 2.59. The molecule has 3 aliphatic carbocycles. The molecule has 1 heteroatoms. The van der Waals surface area contributed by atoms with Gasteiger partial charge in [-0.2, -0.15) is 0 Å². The fourth-order valence-corrected chi connectivity index (χ4v) is 5.58. The van der Waals surface area contributed by atoms with Gasteiger partial charge in [-0.05, 0) is 69.1 Å². The van der Waals surface area contributed by atoms with Gasteiger partial charge in [-0.25, -0.2) is 0 Å². The molecule has 0 saturated heterocycles. The second kappa shape index (κ2) is 5.57. The van der Waals surface area contributed by atoms with Crippen molar-refractivity contribution >= 4 is 0 Å². The van der Waals surface area contributed by atoms with Crippen LogP contribution in [0.3, 0.4) is 0 Å². The van der Waals surface area contributed by atoms with Crippen molar-refractivity contribution in [3.8, 4) is 0 Å². The summed E-state index contributed by atoms with van der Waals surface area (Å²) in [5, 5.41) is 10.8. The van der Waals surface area contributed by atoms with Gasteiger partial charge in [0.1, 0.15) is 0 Å². The van der Waals surface area contributed by atoms with E-state index in [0.717, 1.165) is 18.3 Å². The summed E-state index contributed by atoms with van der Waals surface area (Å²) < 4.78 is 0. The Morgan fingerprint density at radius 2 is 1.95 bits per heavy atom. The molecule has 1 N–H and O–H groups in total. The maximum absolute atomic E-state index is 10.8. The molecule has 21 heavy (non-hydrogen) atoms. The third-order valence-corrected chi connectivity index (χ3v) is 7.06. The number of aliphatic hydroxyl groups is 1. The molecule has 6 atom stereocenters. The Bertz CT molecular complexity index is 460. The van der Waals surface area contributed by atoms with E-state index >= 15 is 0 Å². The molecule has 0 radical (unpaired) electrons. The molecule has 0 amide bonds. The van der Waals surface area contributed by atoms with Crippen LogP contribution in [0.4, 0.5) is 0 Å². The lowest BCUT2D eigenvalue weighted by molar-refractivity contribution is -0.00464. The zero-order valence-electron chi connectivity index (χ0n) is 14.2. The van der Waals surface area contributed by atoms with Gasteiger partial charge in [0.25, 0.3) is 0 Å². The molecule has 0 unspecified atom stereocenters. The van der Waals surface area contributed by atoms with Crippen LogP contribution in [0.5, 0.6) is 0 Å². The number of rotatable bonds is 0. The molecule has 1 nitrogen and oxygen atoms in total. The molecule has 118 valence electrons. The number of allylic oxidation sites excluding steroid dienone is 3. The summed E-state index contributed by atoms with van der Waals surface area (Å²) in [5.74, 6) is 2.92. The molecule has 3 rings (SSSR count). The predicted molar refractivity (Wildman–Crippen MR) is 89.0 cm³/mol. The van der Waals surface area contributed by atoms with Gasteiger partial charge in [0.2, 0.25) is 0 Å². The van der Waals surface area contributed by atoms with E-state index in [-0.39, 0.29) is 11.5 Å². The minimum Gasteiger partial charge on any atom is -0.388 e. The summed E-state index contributed by atoms with van der Waals surface area (Å²) in [5.41, 5.74) is 3.18. The molecule has 3 aliphatic rings. The Labute approximate surface area is 130 Å². The Morgan fingerprint density at radius 3 is 2.71 bits per heavy atom. The second-order valence-corrected chi connectivity index (χ2v) is 8.31. The smallest absolute Gasteiger partial charge is 0.0780 e. The van der Waals surface area contributed by atoms with E-state index in [9.17, 15) is 5.11 Å². The molecule has 1 saturated carbocycles. The van der Waals surface area contributed by atoms with E-state index < -0.39 is 0 Å². The van der Waals surface area contributed by atoms with E-state index in [1.54, 1.807) is 0 Å². The zero-order valence-corrected chi connectivity index (χ0v) is 14.2. The summed E-state index contributed by atoms with van der Waals surface area (Å²) in [6, 6.07) is 0. The zero-order chi connectivity index (χ0) is 15.2. The van der Waals surface area contributed by atoms with Gasteiger partial charge in [0.15, 0.2) is 0 Å². The molecule has 0 spiro atoms. The van der Waals surface area contributed by atoms with Crippen LogP contribution in [0.2, 0.25) is 0 Å². The first kappa shape index (κ1) is 15.3. The van der Waals surface area contributed by atoms with Gasteiger partial charge in [0.05, 0.1) is 6.10 Å². The van der Waals surface area contributed by atoms with Crippen LogP contribution in [-0.4, -0.2) is 11.2 Å². The van der Waals surface area contributed by atoms with Crippen molar-refractivity contribution in [1.82, 2.24) is 0 Å². The third-order valence-electron chi connectivity index (χ3n) is 7.06. The molecule has 0 heterocycles.